The van der Waals surface area contributed by atoms with Crippen molar-refractivity contribution in [2.24, 2.45) is 5.92 Å². The topological polar surface area (TPSA) is 54.4 Å². The molecule has 1 aliphatic rings. The van der Waals surface area contributed by atoms with Crippen molar-refractivity contribution in [1.29, 1.82) is 0 Å². The van der Waals surface area contributed by atoms with Gasteiger partial charge in [-0.2, -0.15) is 0 Å². The zero-order chi connectivity index (χ0) is 17.8. The number of carbonyl (C=O) groups is 2. The summed E-state index contributed by atoms with van der Waals surface area (Å²) in [4.78, 5) is 22.6. The summed E-state index contributed by atoms with van der Waals surface area (Å²) in [5.41, 5.74) is 0.789. The van der Waals surface area contributed by atoms with Crippen molar-refractivity contribution in [2.75, 3.05) is 0 Å². The molecule has 0 aromatic rings. The van der Waals surface area contributed by atoms with Crippen LogP contribution in [0.1, 0.15) is 71.1 Å². The van der Waals surface area contributed by atoms with Crippen molar-refractivity contribution in [3.8, 4) is 0 Å². The fourth-order valence-corrected chi connectivity index (χ4v) is 3.12. The molecule has 1 unspecified atom stereocenters. The average molecular weight is 353 g/mol. The summed E-state index contributed by atoms with van der Waals surface area (Å²) in [5.74, 6) is -0.683. The highest BCUT2D eigenvalue weighted by Crippen LogP contribution is 2.33. The molecule has 0 amide bonds. The molecule has 0 aliphatic heterocycles. The molecule has 1 atom stereocenters. The second kappa shape index (κ2) is 12.1. The van der Waals surface area contributed by atoms with E-state index >= 15 is 0 Å². The number of carbonyl (C=O) groups excluding carboxylic acids is 1. The third-order valence-electron chi connectivity index (χ3n) is 4.27. The highest BCUT2D eigenvalue weighted by Gasteiger charge is 2.27. The molecule has 0 heterocycles. The Hall–Kier alpha value is -1.35. The number of carboxylic acid groups (broad SMARTS) is 1. The smallest absolute Gasteiger partial charge is 0.303 e. The second-order valence-corrected chi connectivity index (χ2v) is 6.75. The lowest BCUT2D eigenvalue weighted by molar-refractivity contribution is -0.137. The van der Waals surface area contributed by atoms with Crippen molar-refractivity contribution in [3.05, 3.63) is 34.9 Å². The van der Waals surface area contributed by atoms with Gasteiger partial charge in [0.05, 0.1) is 5.03 Å². The molecule has 0 aromatic carbocycles. The molecular weight excluding hydrogens is 324 g/mol. The maximum absolute atomic E-state index is 12.1. The Balaban J connectivity index is 2.39. The van der Waals surface area contributed by atoms with E-state index in [0.717, 1.165) is 44.1 Å². The molecule has 4 heteroatoms. The van der Waals surface area contributed by atoms with Crippen LogP contribution in [0, 0.1) is 5.92 Å². The Kier molecular flexibility index (Phi) is 10.4. The van der Waals surface area contributed by atoms with E-state index in [4.69, 9.17) is 16.7 Å². The van der Waals surface area contributed by atoms with Gasteiger partial charge in [-0.1, -0.05) is 74.9 Å². The van der Waals surface area contributed by atoms with Gasteiger partial charge in [0, 0.05) is 17.9 Å². The predicted molar refractivity (Wildman–Crippen MR) is 99.1 cm³/mol. The molecule has 0 spiro atoms. The van der Waals surface area contributed by atoms with Gasteiger partial charge >= 0.3 is 5.97 Å². The summed E-state index contributed by atoms with van der Waals surface area (Å²) in [6.07, 6.45) is 17.3. The number of halogens is 1. The lowest BCUT2D eigenvalue weighted by atomic mass is 9.94. The Labute approximate surface area is 150 Å². The highest BCUT2D eigenvalue weighted by molar-refractivity contribution is 6.46. The van der Waals surface area contributed by atoms with Gasteiger partial charge in [0.15, 0.2) is 0 Å². The number of allylic oxidation sites excluding steroid dienone is 6. The maximum atomic E-state index is 12.1. The number of hydrogen-bond acceptors (Lipinski definition) is 2. The van der Waals surface area contributed by atoms with Crippen LogP contribution in [-0.4, -0.2) is 16.9 Å². The Morgan fingerprint density at radius 2 is 1.96 bits per heavy atom. The van der Waals surface area contributed by atoms with E-state index in [1.807, 2.05) is 18.2 Å². The first-order valence-electron chi connectivity index (χ1n) is 9.06. The number of unbranched alkanes of at least 4 members (excludes halogenated alkanes) is 6. The van der Waals surface area contributed by atoms with Gasteiger partial charge in [0.25, 0.3) is 0 Å². The van der Waals surface area contributed by atoms with E-state index in [1.165, 1.54) is 19.3 Å². The number of ketones is 1. The van der Waals surface area contributed by atoms with E-state index in [1.54, 1.807) is 0 Å². The molecule has 0 saturated carbocycles. The first kappa shape index (κ1) is 20.7. The van der Waals surface area contributed by atoms with Gasteiger partial charge in [0.2, 0.25) is 5.78 Å². The zero-order valence-corrected chi connectivity index (χ0v) is 15.4. The van der Waals surface area contributed by atoms with E-state index in [2.05, 4.69) is 13.0 Å². The number of carboxylic acids is 1. The molecule has 1 aliphatic carbocycles. The summed E-state index contributed by atoms with van der Waals surface area (Å²) < 4.78 is 0. The van der Waals surface area contributed by atoms with Crippen LogP contribution in [0.25, 0.3) is 0 Å². The number of rotatable bonds is 12. The van der Waals surface area contributed by atoms with Gasteiger partial charge in [-0.15, -0.1) is 0 Å². The third kappa shape index (κ3) is 7.96. The van der Waals surface area contributed by atoms with Gasteiger partial charge in [-0.05, 0) is 25.7 Å². The van der Waals surface area contributed by atoms with Gasteiger partial charge in [-0.25, -0.2) is 0 Å². The van der Waals surface area contributed by atoms with Crippen molar-refractivity contribution < 1.29 is 14.7 Å². The lowest BCUT2D eigenvalue weighted by Crippen LogP contribution is -2.03. The second-order valence-electron chi connectivity index (χ2n) is 6.34. The summed E-state index contributed by atoms with van der Waals surface area (Å²) >= 11 is 6.01. The SMILES string of the molecule is CCCCC/C=C/C=C1\C(=O)C(Cl)=CC1CCCCCCC(=O)O. The Morgan fingerprint density at radius 1 is 1.21 bits per heavy atom. The van der Waals surface area contributed by atoms with Crippen LogP contribution in [0.2, 0.25) is 0 Å². The van der Waals surface area contributed by atoms with Crippen molar-refractivity contribution in [3.63, 3.8) is 0 Å². The molecule has 0 radical (unpaired) electrons. The van der Waals surface area contributed by atoms with Gasteiger partial charge in [0.1, 0.15) is 0 Å². The van der Waals surface area contributed by atoms with Crippen LogP contribution >= 0.6 is 11.6 Å². The standard InChI is InChI=1S/C20H29ClO3/c1-2-3-4-5-6-10-13-17-16(15-18(21)20(17)24)12-9-7-8-11-14-19(22)23/h6,10,13,15-16H,2-5,7-9,11-12,14H2,1H3,(H,22,23)/b10-6+,17-13-. The summed E-state index contributed by atoms with van der Waals surface area (Å²) in [5, 5.41) is 8.94. The van der Waals surface area contributed by atoms with Crippen molar-refractivity contribution in [2.45, 2.75) is 71.1 Å². The molecule has 1 rings (SSSR count). The predicted octanol–water partition coefficient (Wildman–Crippen LogP) is 5.80. The van der Waals surface area contributed by atoms with E-state index in [9.17, 15) is 9.59 Å². The fourth-order valence-electron chi connectivity index (χ4n) is 2.86. The minimum atomic E-state index is -0.734. The summed E-state index contributed by atoms with van der Waals surface area (Å²) in [7, 11) is 0. The van der Waals surface area contributed by atoms with E-state index in [-0.39, 0.29) is 18.1 Å². The molecule has 134 valence electrons. The maximum Gasteiger partial charge on any atom is 0.303 e. The minimum absolute atomic E-state index is 0.0502. The molecular formula is C20H29ClO3. The zero-order valence-electron chi connectivity index (χ0n) is 14.6. The normalized spacial score (nSPS) is 19.4. The Morgan fingerprint density at radius 3 is 2.67 bits per heavy atom. The molecule has 0 aromatic heterocycles. The third-order valence-corrected chi connectivity index (χ3v) is 4.57. The van der Waals surface area contributed by atoms with E-state index in [0.29, 0.717) is 5.03 Å². The largest absolute Gasteiger partial charge is 0.481 e. The monoisotopic (exact) mass is 352 g/mol. The number of Topliss-reactive ketones (excluding diaryl/α,β-unsaturated/α-hetero) is 1. The summed E-state index contributed by atoms with van der Waals surface area (Å²) in [6, 6.07) is 0. The molecule has 24 heavy (non-hydrogen) atoms. The van der Waals surface area contributed by atoms with Gasteiger partial charge in [-0.3, -0.25) is 9.59 Å². The number of hydrogen-bond donors (Lipinski definition) is 1. The minimum Gasteiger partial charge on any atom is -0.481 e. The quantitative estimate of drug-likeness (QED) is 0.357. The van der Waals surface area contributed by atoms with Crippen molar-refractivity contribution >= 4 is 23.4 Å². The number of aliphatic carboxylic acids is 1. The molecule has 0 fully saturated rings. The first-order valence-corrected chi connectivity index (χ1v) is 9.44. The van der Waals surface area contributed by atoms with Crippen LogP contribution in [0.15, 0.2) is 34.9 Å². The molecule has 0 saturated heterocycles. The molecule has 3 nitrogen and oxygen atoms in total. The first-order chi connectivity index (χ1) is 11.6. The van der Waals surface area contributed by atoms with Crippen LogP contribution in [0.4, 0.5) is 0 Å². The lowest BCUT2D eigenvalue weighted by Gasteiger charge is -2.09. The van der Waals surface area contributed by atoms with Crippen molar-refractivity contribution in [1.82, 2.24) is 0 Å². The Bertz CT molecular complexity index is 503. The van der Waals surface area contributed by atoms with Gasteiger partial charge < -0.3 is 5.11 Å². The van der Waals surface area contributed by atoms with Crippen LogP contribution in [0.3, 0.4) is 0 Å². The van der Waals surface area contributed by atoms with Crippen LogP contribution in [0.5, 0.6) is 0 Å². The highest BCUT2D eigenvalue weighted by atomic mass is 35.5. The van der Waals surface area contributed by atoms with Crippen LogP contribution < -0.4 is 0 Å². The van der Waals surface area contributed by atoms with E-state index < -0.39 is 5.97 Å². The molecule has 0 bridgehead atoms. The van der Waals surface area contributed by atoms with Crippen LogP contribution in [-0.2, 0) is 9.59 Å². The average Bonchev–Trinajstić information content (AvgIpc) is 2.81. The molecule has 1 N–H and O–H groups in total. The fraction of sp³-hybridized carbons (Fsp3) is 0.600. The summed E-state index contributed by atoms with van der Waals surface area (Å²) in [6.45, 7) is 2.18.